The third-order valence-electron chi connectivity index (χ3n) is 2.41. The van der Waals surface area contributed by atoms with Crippen molar-refractivity contribution in [2.45, 2.75) is 6.92 Å². The van der Waals surface area contributed by atoms with Gasteiger partial charge in [0.15, 0.2) is 0 Å². The zero-order valence-corrected chi connectivity index (χ0v) is 10.2. The number of rotatable bonds is 4. The summed E-state index contributed by atoms with van der Waals surface area (Å²) in [7, 11) is 0. The third kappa shape index (κ3) is 2.63. The molecular weight excluding hydrogens is 228 g/mol. The van der Waals surface area contributed by atoms with Crippen LogP contribution in [0.15, 0.2) is 36.4 Å². The topological polar surface area (TPSA) is 86.2 Å². The molecule has 0 saturated carbocycles. The van der Waals surface area contributed by atoms with Gasteiger partial charge in [-0.15, -0.1) is 0 Å². The van der Waals surface area contributed by atoms with E-state index < -0.39 is 0 Å². The molecule has 0 bridgehead atoms. The van der Waals surface area contributed by atoms with E-state index in [-0.39, 0.29) is 0 Å². The van der Waals surface area contributed by atoms with Crippen molar-refractivity contribution in [3.63, 3.8) is 0 Å². The van der Waals surface area contributed by atoms with Crippen LogP contribution in [0.2, 0.25) is 0 Å². The van der Waals surface area contributed by atoms with Gasteiger partial charge in [0, 0.05) is 0 Å². The van der Waals surface area contributed by atoms with Gasteiger partial charge in [-0.05, 0) is 31.2 Å². The highest BCUT2D eigenvalue weighted by atomic mass is 16.5. The minimum atomic E-state index is 0.314. The number of nitrogens with zero attached hydrogens (tertiary/aromatic N) is 1. The normalized spacial score (nSPS) is 10.1. The quantitative estimate of drug-likeness (QED) is 0.768. The molecule has 0 fully saturated rings. The Morgan fingerprint density at radius 2 is 1.94 bits per heavy atom. The second kappa shape index (κ2) is 5.27. The van der Waals surface area contributed by atoms with E-state index in [1.807, 2.05) is 31.2 Å². The first kappa shape index (κ1) is 12.0. The van der Waals surface area contributed by atoms with Crippen molar-refractivity contribution in [2.24, 2.45) is 0 Å². The van der Waals surface area contributed by atoms with Gasteiger partial charge >= 0.3 is 0 Å². The molecule has 0 unspecified atom stereocenters. The number of hydrogen-bond donors (Lipinski definition) is 3. The molecule has 2 aromatic rings. The van der Waals surface area contributed by atoms with E-state index >= 15 is 0 Å². The van der Waals surface area contributed by atoms with Gasteiger partial charge in [0.25, 0.3) is 0 Å². The number of para-hydroxylation sites is 2. The first-order valence-corrected chi connectivity index (χ1v) is 5.71. The van der Waals surface area contributed by atoms with Crippen LogP contribution < -0.4 is 21.5 Å². The third-order valence-corrected chi connectivity index (χ3v) is 2.41. The lowest BCUT2D eigenvalue weighted by Gasteiger charge is -2.12. The highest BCUT2D eigenvalue weighted by molar-refractivity contribution is 5.68. The highest BCUT2D eigenvalue weighted by Gasteiger charge is 2.04. The highest BCUT2D eigenvalue weighted by Crippen LogP contribution is 2.27. The first-order valence-electron chi connectivity index (χ1n) is 5.71. The zero-order valence-electron chi connectivity index (χ0n) is 10.2. The lowest BCUT2D eigenvalue weighted by atomic mass is 10.3. The maximum absolute atomic E-state index is 5.66. The van der Waals surface area contributed by atoms with Gasteiger partial charge in [0.2, 0.25) is 0 Å². The van der Waals surface area contributed by atoms with Crippen LogP contribution in [-0.4, -0.2) is 11.6 Å². The molecule has 0 radical (unpaired) electrons. The Balaban J connectivity index is 2.25. The largest absolute Gasteiger partial charge is 0.492 e. The fourth-order valence-corrected chi connectivity index (χ4v) is 1.54. The van der Waals surface area contributed by atoms with Crippen LogP contribution in [-0.2, 0) is 0 Å². The summed E-state index contributed by atoms with van der Waals surface area (Å²) >= 11 is 0. The molecule has 0 atom stereocenters. The van der Waals surface area contributed by atoms with E-state index in [0.717, 1.165) is 11.4 Å². The summed E-state index contributed by atoms with van der Waals surface area (Å²) in [6.07, 6.45) is 0. The molecule has 5 N–H and O–H groups in total. The Morgan fingerprint density at radius 1 is 1.17 bits per heavy atom. The summed E-state index contributed by atoms with van der Waals surface area (Å²) in [6.45, 7) is 2.55. The molecule has 0 aliphatic heterocycles. The summed E-state index contributed by atoms with van der Waals surface area (Å²) < 4.78 is 5.52. The van der Waals surface area contributed by atoms with Gasteiger partial charge in [-0.3, -0.25) is 0 Å². The van der Waals surface area contributed by atoms with Crippen LogP contribution in [0.4, 0.5) is 23.0 Å². The SMILES string of the molecule is CCOc1ccccc1Nc1ccc(N)c(N)n1. The van der Waals surface area contributed by atoms with Crippen LogP contribution in [0.3, 0.4) is 0 Å². The van der Waals surface area contributed by atoms with E-state index in [9.17, 15) is 0 Å². The predicted molar refractivity (Wildman–Crippen MR) is 74.0 cm³/mol. The summed E-state index contributed by atoms with van der Waals surface area (Å²) in [4.78, 5) is 4.16. The maximum atomic E-state index is 5.66. The fourth-order valence-electron chi connectivity index (χ4n) is 1.54. The van der Waals surface area contributed by atoms with Gasteiger partial charge < -0.3 is 21.5 Å². The minimum absolute atomic E-state index is 0.314. The molecule has 0 spiro atoms. The summed E-state index contributed by atoms with van der Waals surface area (Å²) in [5, 5.41) is 3.15. The standard InChI is InChI=1S/C13H16N4O/c1-2-18-11-6-4-3-5-10(11)16-12-8-7-9(14)13(15)17-12/h3-8H,2,14H2,1H3,(H3,15,16,17). The molecule has 0 aliphatic rings. The Bertz CT molecular complexity index is 542. The molecule has 5 nitrogen and oxygen atoms in total. The molecule has 0 aliphatic carbocycles. The molecule has 18 heavy (non-hydrogen) atoms. The molecule has 2 rings (SSSR count). The number of ether oxygens (including phenoxy) is 1. The second-order valence-corrected chi connectivity index (χ2v) is 3.73. The monoisotopic (exact) mass is 244 g/mol. The van der Waals surface area contributed by atoms with Crippen LogP contribution in [0.25, 0.3) is 0 Å². The van der Waals surface area contributed by atoms with E-state index in [4.69, 9.17) is 16.2 Å². The smallest absolute Gasteiger partial charge is 0.149 e. The van der Waals surface area contributed by atoms with Crippen LogP contribution in [0, 0.1) is 0 Å². The lowest BCUT2D eigenvalue weighted by Crippen LogP contribution is -2.02. The van der Waals surface area contributed by atoms with Crippen LogP contribution in [0.1, 0.15) is 6.92 Å². The van der Waals surface area contributed by atoms with Crippen molar-refractivity contribution in [3.8, 4) is 5.75 Å². The van der Waals surface area contributed by atoms with Crippen molar-refractivity contribution in [1.29, 1.82) is 0 Å². The number of aromatic nitrogens is 1. The number of pyridine rings is 1. The van der Waals surface area contributed by atoms with Crippen molar-refractivity contribution >= 4 is 23.0 Å². The molecular formula is C13H16N4O. The van der Waals surface area contributed by atoms with Crippen LogP contribution >= 0.6 is 0 Å². The van der Waals surface area contributed by atoms with Gasteiger partial charge in [0.1, 0.15) is 17.4 Å². The summed E-state index contributed by atoms with van der Waals surface area (Å²) in [6, 6.07) is 11.1. The van der Waals surface area contributed by atoms with Crippen molar-refractivity contribution in [2.75, 3.05) is 23.4 Å². The Morgan fingerprint density at radius 3 is 2.67 bits per heavy atom. The maximum Gasteiger partial charge on any atom is 0.149 e. The molecule has 1 aromatic heterocycles. The fraction of sp³-hybridized carbons (Fsp3) is 0.154. The van der Waals surface area contributed by atoms with Gasteiger partial charge in [0.05, 0.1) is 18.0 Å². The van der Waals surface area contributed by atoms with Gasteiger partial charge in [-0.1, -0.05) is 12.1 Å². The van der Waals surface area contributed by atoms with E-state index in [0.29, 0.717) is 23.9 Å². The van der Waals surface area contributed by atoms with Crippen molar-refractivity contribution in [1.82, 2.24) is 4.98 Å². The Hall–Kier alpha value is -2.43. The number of hydrogen-bond acceptors (Lipinski definition) is 5. The number of nitrogens with two attached hydrogens (primary N) is 2. The molecule has 0 amide bonds. The molecule has 0 saturated heterocycles. The number of benzene rings is 1. The van der Waals surface area contributed by atoms with E-state index in [2.05, 4.69) is 10.3 Å². The van der Waals surface area contributed by atoms with E-state index in [1.54, 1.807) is 12.1 Å². The molecule has 1 heterocycles. The van der Waals surface area contributed by atoms with Crippen molar-refractivity contribution < 1.29 is 4.74 Å². The Labute approximate surface area is 106 Å². The second-order valence-electron chi connectivity index (χ2n) is 3.73. The number of nitrogens with one attached hydrogen (secondary N) is 1. The van der Waals surface area contributed by atoms with Gasteiger partial charge in [-0.25, -0.2) is 4.98 Å². The molecule has 5 heteroatoms. The molecule has 94 valence electrons. The Kier molecular flexibility index (Phi) is 3.52. The van der Waals surface area contributed by atoms with Crippen LogP contribution in [0.5, 0.6) is 5.75 Å². The van der Waals surface area contributed by atoms with Gasteiger partial charge in [-0.2, -0.15) is 0 Å². The number of nitrogen functional groups attached to an aromatic ring is 2. The predicted octanol–water partition coefficient (Wildman–Crippen LogP) is 2.39. The minimum Gasteiger partial charge on any atom is -0.492 e. The summed E-state index contributed by atoms with van der Waals surface area (Å²) in [5.41, 5.74) is 12.6. The lowest BCUT2D eigenvalue weighted by molar-refractivity contribution is 0.342. The summed E-state index contributed by atoms with van der Waals surface area (Å²) in [5.74, 6) is 1.72. The zero-order chi connectivity index (χ0) is 13.0. The first-order chi connectivity index (χ1) is 8.70. The van der Waals surface area contributed by atoms with Crippen molar-refractivity contribution in [3.05, 3.63) is 36.4 Å². The number of anilines is 4. The molecule has 1 aromatic carbocycles. The van der Waals surface area contributed by atoms with E-state index in [1.165, 1.54) is 0 Å². The average Bonchev–Trinajstić information content (AvgIpc) is 2.37. The average molecular weight is 244 g/mol.